The van der Waals surface area contributed by atoms with Crippen LogP contribution in [0.3, 0.4) is 0 Å². The Balaban J connectivity index is 1.48. The van der Waals surface area contributed by atoms with E-state index in [0.29, 0.717) is 5.69 Å². The average molecular weight is 288 g/mol. The lowest BCUT2D eigenvalue weighted by atomic mass is 9.95. The number of hydrogen-bond donors (Lipinski definition) is 0. The molecule has 5 heteroatoms. The third-order valence-electron chi connectivity index (χ3n) is 4.70. The number of aldehydes is 1. The minimum absolute atomic E-state index is 0.402. The van der Waals surface area contributed by atoms with E-state index in [1.165, 1.54) is 51.7 Å². The molecule has 1 aromatic heterocycles. The maximum atomic E-state index is 10.6. The molecule has 2 aliphatic rings. The van der Waals surface area contributed by atoms with Crippen LogP contribution in [-0.2, 0) is 0 Å². The van der Waals surface area contributed by atoms with E-state index in [4.69, 9.17) is 0 Å². The van der Waals surface area contributed by atoms with Gasteiger partial charge in [-0.3, -0.25) is 4.79 Å². The molecule has 0 radical (unpaired) electrons. The molecule has 0 N–H and O–H groups in total. The molecule has 2 aliphatic heterocycles. The number of piperidine rings is 2. The van der Waals surface area contributed by atoms with E-state index in [1.54, 1.807) is 6.07 Å². The standard InChI is InChI=1S/C16H24N4O/c21-13-15-4-5-16(18-17-15)20-10-6-14(7-11-20)12-19-8-2-1-3-9-19/h4-5,13-14H,1-3,6-12H2. The van der Waals surface area contributed by atoms with Crippen molar-refractivity contribution in [2.45, 2.75) is 32.1 Å². The van der Waals surface area contributed by atoms with Crippen molar-refractivity contribution >= 4 is 12.1 Å². The molecule has 0 bridgehead atoms. The average Bonchev–Trinajstić information content (AvgIpc) is 2.57. The molecular formula is C16H24N4O. The Hall–Kier alpha value is -1.49. The van der Waals surface area contributed by atoms with E-state index in [0.717, 1.165) is 31.1 Å². The van der Waals surface area contributed by atoms with Gasteiger partial charge in [0.2, 0.25) is 0 Å². The first kappa shape index (κ1) is 14.4. The summed E-state index contributed by atoms with van der Waals surface area (Å²) in [4.78, 5) is 15.5. The predicted molar refractivity (Wildman–Crippen MR) is 82.6 cm³/mol. The monoisotopic (exact) mass is 288 g/mol. The normalized spacial score (nSPS) is 21.4. The van der Waals surface area contributed by atoms with Gasteiger partial charge in [0.05, 0.1) is 0 Å². The van der Waals surface area contributed by atoms with Crippen molar-refractivity contribution in [2.24, 2.45) is 5.92 Å². The van der Waals surface area contributed by atoms with Crippen molar-refractivity contribution in [3.8, 4) is 0 Å². The third kappa shape index (κ3) is 3.79. The number of aromatic nitrogens is 2. The predicted octanol–water partition coefficient (Wildman–Crippen LogP) is 1.99. The first-order valence-electron chi connectivity index (χ1n) is 8.11. The Labute approximate surface area is 126 Å². The highest BCUT2D eigenvalue weighted by molar-refractivity contribution is 5.71. The second-order valence-electron chi connectivity index (χ2n) is 6.23. The fourth-order valence-corrected chi connectivity index (χ4v) is 3.42. The molecule has 0 saturated carbocycles. The summed E-state index contributed by atoms with van der Waals surface area (Å²) in [6.07, 6.45) is 7.35. The molecule has 0 atom stereocenters. The Bertz CT molecular complexity index is 448. The fraction of sp³-hybridized carbons (Fsp3) is 0.688. The van der Waals surface area contributed by atoms with Gasteiger partial charge in [-0.15, -0.1) is 10.2 Å². The van der Waals surface area contributed by atoms with Crippen molar-refractivity contribution in [3.05, 3.63) is 17.8 Å². The Morgan fingerprint density at radius 2 is 1.81 bits per heavy atom. The quantitative estimate of drug-likeness (QED) is 0.793. The highest BCUT2D eigenvalue weighted by Crippen LogP contribution is 2.23. The van der Waals surface area contributed by atoms with E-state index in [1.807, 2.05) is 6.07 Å². The highest BCUT2D eigenvalue weighted by atomic mass is 16.1. The van der Waals surface area contributed by atoms with Crippen LogP contribution in [0.15, 0.2) is 12.1 Å². The molecule has 3 rings (SSSR count). The molecule has 21 heavy (non-hydrogen) atoms. The first-order valence-corrected chi connectivity index (χ1v) is 8.11. The summed E-state index contributed by atoms with van der Waals surface area (Å²) < 4.78 is 0. The SMILES string of the molecule is O=Cc1ccc(N2CCC(CN3CCCCC3)CC2)nn1. The second kappa shape index (κ2) is 6.98. The van der Waals surface area contributed by atoms with Crippen molar-refractivity contribution < 1.29 is 4.79 Å². The summed E-state index contributed by atoms with van der Waals surface area (Å²) in [6, 6.07) is 3.65. The smallest absolute Gasteiger partial charge is 0.170 e. The molecule has 0 amide bonds. The number of likely N-dealkylation sites (tertiary alicyclic amines) is 1. The Kier molecular flexibility index (Phi) is 4.80. The molecule has 3 heterocycles. The lowest BCUT2D eigenvalue weighted by molar-refractivity contribution is 0.111. The van der Waals surface area contributed by atoms with Crippen LogP contribution in [0.25, 0.3) is 0 Å². The zero-order valence-corrected chi connectivity index (χ0v) is 12.6. The number of carbonyl (C=O) groups excluding carboxylic acids is 1. The molecule has 0 spiro atoms. The van der Waals surface area contributed by atoms with Gasteiger partial charge in [0.15, 0.2) is 12.1 Å². The van der Waals surface area contributed by atoms with Gasteiger partial charge >= 0.3 is 0 Å². The fourth-order valence-electron chi connectivity index (χ4n) is 3.42. The van der Waals surface area contributed by atoms with E-state index in [9.17, 15) is 4.79 Å². The van der Waals surface area contributed by atoms with Crippen molar-refractivity contribution in [2.75, 3.05) is 37.6 Å². The van der Waals surface area contributed by atoms with Crippen LogP contribution in [0.2, 0.25) is 0 Å². The molecule has 2 fully saturated rings. The summed E-state index contributed by atoms with van der Waals surface area (Å²) in [5.41, 5.74) is 0.402. The highest BCUT2D eigenvalue weighted by Gasteiger charge is 2.23. The van der Waals surface area contributed by atoms with Gasteiger partial charge in [-0.05, 0) is 56.8 Å². The molecular weight excluding hydrogens is 264 g/mol. The van der Waals surface area contributed by atoms with Crippen LogP contribution in [0.4, 0.5) is 5.82 Å². The summed E-state index contributed by atoms with van der Waals surface area (Å²) >= 11 is 0. The summed E-state index contributed by atoms with van der Waals surface area (Å²) in [7, 11) is 0. The molecule has 5 nitrogen and oxygen atoms in total. The van der Waals surface area contributed by atoms with E-state index in [-0.39, 0.29) is 0 Å². The van der Waals surface area contributed by atoms with E-state index >= 15 is 0 Å². The van der Waals surface area contributed by atoms with Crippen molar-refractivity contribution in [1.29, 1.82) is 0 Å². The summed E-state index contributed by atoms with van der Waals surface area (Å²) in [5.74, 6) is 1.72. The zero-order chi connectivity index (χ0) is 14.5. The van der Waals surface area contributed by atoms with Crippen LogP contribution < -0.4 is 4.90 Å². The molecule has 0 aromatic carbocycles. The van der Waals surface area contributed by atoms with Gasteiger partial charge in [0.1, 0.15) is 5.69 Å². The van der Waals surface area contributed by atoms with E-state index in [2.05, 4.69) is 20.0 Å². The molecule has 2 saturated heterocycles. The minimum Gasteiger partial charge on any atom is -0.355 e. The summed E-state index contributed by atoms with van der Waals surface area (Å²) in [6.45, 7) is 5.95. The number of nitrogens with zero attached hydrogens (tertiary/aromatic N) is 4. The number of carbonyl (C=O) groups is 1. The molecule has 0 unspecified atom stereocenters. The van der Waals surface area contributed by atoms with Crippen LogP contribution >= 0.6 is 0 Å². The van der Waals surface area contributed by atoms with Gasteiger partial charge in [0, 0.05) is 19.6 Å². The van der Waals surface area contributed by atoms with Crippen LogP contribution in [0.1, 0.15) is 42.6 Å². The molecule has 0 aliphatic carbocycles. The Morgan fingerprint density at radius 1 is 1.05 bits per heavy atom. The van der Waals surface area contributed by atoms with Crippen molar-refractivity contribution in [3.63, 3.8) is 0 Å². The summed E-state index contributed by atoms with van der Waals surface area (Å²) in [5, 5.41) is 8.07. The topological polar surface area (TPSA) is 49.3 Å². The zero-order valence-electron chi connectivity index (χ0n) is 12.6. The van der Waals surface area contributed by atoms with Gasteiger partial charge in [-0.2, -0.15) is 0 Å². The number of anilines is 1. The third-order valence-corrected chi connectivity index (χ3v) is 4.70. The maximum absolute atomic E-state index is 10.6. The van der Waals surface area contributed by atoms with Crippen LogP contribution in [0, 0.1) is 5.92 Å². The van der Waals surface area contributed by atoms with Crippen LogP contribution in [-0.4, -0.2) is 54.1 Å². The maximum Gasteiger partial charge on any atom is 0.170 e. The second-order valence-corrected chi connectivity index (χ2v) is 6.23. The number of hydrogen-bond acceptors (Lipinski definition) is 5. The molecule has 1 aromatic rings. The Morgan fingerprint density at radius 3 is 2.43 bits per heavy atom. The lowest BCUT2D eigenvalue weighted by Crippen LogP contribution is -2.40. The van der Waals surface area contributed by atoms with Gasteiger partial charge in [-0.25, -0.2) is 0 Å². The molecule has 114 valence electrons. The van der Waals surface area contributed by atoms with Gasteiger partial charge in [-0.1, -0.05) is 6.42 Å². The lowest BCUT2D eigenvalue weighted by Gasteiger charge is -2.36. The number of rotatable bonds is 4. The van der Waals surface area contributed by atoms with Crippen LogP contribution in [0.5, 0.6) is 0 Å². The largest absolute Gasteiger partial charge is 0.355 e. The van der Waals surface area contributed by atoms with E-state index < -0.39 is 0 Å². The van der Waals surface area contributed by atoms with Gasteiger partial charge < -0.3 is 9.80 Å². The van der Waals surface area contributed by atoms with Gasteiger partial charge in [0.25, 0.3) is 0 Å². The first-order chi connectivity index (χ1) is 10.3. The minimum atomic E-state index is 0.402. The van der Waals surface area contributed by atoms with Crippen molar-refractivity contribution in [1.82, 2.24) is 15.1 Å².